The van der Waals surface area contributed by atoms with E-state index in [1.165, 1.54) is 24.3 Å². The molecule has 16 heavy (non-hydrogen) atoms. The van der Waals surface area contributed by atoms with E-state index in [2.05, 4.69) is 6.58 Å². The lowest BCUT2D eigenvalue weighted by Crippen LogP contribution is -2.29. The van der Waals surface area contributed by atoms with Gasteiger partial charge in [-0.15, -0.1) is 6.58 Å². The van der Waals surface area contributed by atoms with E-state index in [1.54, 1.807) is 0 Å². The van der Waals surface area contributed by atoms with Crippen molar-refractivity contribution in [3.05, 3.63) is 41.4 Å². The number of carbonyl (C=O) groups is 1. The van der Waals surface area contributed by atoms with Crippen molar-refractivity contribution in [3.8, 4) is 0 Å². The minimum Gasteiger partial charge on any atom is -0.268 e. The van der Waals surface area contributed by atoms with Gasteiger partial charge in [0.25, 0.3) is 15.9 Å². The van der Waals surface area contributed by atoms with Crippen molar-refractivity contribution in [2.45, 2.75) is 4.90 Å². The Kier molecular flexibility index (Phi) is 2.52. The molecule has 2 rings (SSSR count). The van der Waals surface area contributed by atoms with Gasteiger partial charge < -0.3 is 0 Å². The van der Waals surface area contributed by atoms with E-state index in [0.717, 1.165) is 4.31 Å². The third-order valence-electron chi connectivity index (χ3n) is 2.26. The highest BCUT2D eigenvalue weighted by atomic mass is 35.5. The van der Waals surface area contributed by atoms with Crippen LogP contribution in [0.4, 0.5) is 0 Å². The number of carbonyl (C=O) groups excluding carboxylic acids is 1. The van der Waals surface area contributed by atoms with Crippen molar-refractivity contribution >= 4 is 27.5 Å². The highest BCUT2D eigenvalue weighted by Crippen LogP contribution is 2.31. The fourth-order valence-electron chi connectivity index (χ4n) is 1.55. The zero-order chi connectivity index (χ0) is 11.9. The smallest absolute Gasteiger partial charge is 0.268 e. The molecule has 1 heterocycles. The molecule has 1 aliphatic rings. The Bertz CT molecular complexity index is 580. The molecular formula is C10H8ClNO3S. The van der Waals surface area contributed by atoms with Gasteiger partial charge in [0.1, 0.15) is 4.90 Å². The van der Waals surface area contributed by atoms with Crippen molar-refractivity contribution in [3.63, 3.8) is 0 Å². The van der Waals surface area contributed by atoms with Crippen LogP contribution >= 0.6 is 11.6 Å². The first-order valence-corrected chi connectivity index (χ1v) is 6.28. The second-order valence-corrected chi connectivity index (χ2v) is 5.54. The summed E-state index contributed by atoms with van der Waals surface area (Å²) in [5.41, 5.74) is 0.159. The zero-order valence-corrected chi connectivity index (χ0v) is 9.75. The maximum absolute atomic E-state index is 11.9. The number of halogens is 1. The minimum atomic E-state index is -3.75. The maximum Gasteiger partial charge on any atom is 0.269 e. The number of fused-ring (bicyclic) bond motifs is 1. The predicted octanol–water partition coefficient (Wildman–Crippen LogP) is 1.67. The largest absolute Gasteiger partial charge is 0.269 e. The summed E-state index contributed by atoms with van der Waals surface area (Å²) in [4.78, 5) is 11.7. The quantitative estimate of drug-likeness (QED) is 0.758. The lowest BCUT2D eigenvalue weighted by atomic mass is 10.2. The minimum absolute atomic E-state index is 0.0343. The summed E-state index contributed by atoms with van der Waals surface area (Å²) in [7, 11) is -3.75. The second kappa shape index (κ2) is 3.61. The van der Waals surface area contributed by atoms with Crippen LogP contribution in [0.2, 0.25) is 5.02 Å². The summed E-state index contributed by atoms with van der Waals surface area (Å²) in [5, 5.41) is 0.288. The molecule has 1 aromatic carbocycles. The van der Waals surface area contributed by atoms with E-state index in [1.807, 2.05) is 0 Å². The Hall–Kier alpha value is -1.33. The molecule has 0 bridgehead atoms. The molecule has 6 heteroatoms. The molecule has 0 aliphatic carbocycles. The van der Waals surface area contributed by atoms with Gasteiger partial charge in [-0.2, -0.15) is 0 Å². The monoisotopic (exact) mass is 257 g/mol. The van der Waals surface area contributed by atoms with Crippen molar-refractivity contribution < 1.29 is 13.2 Å². The third-order valence-corrected chi connectivity index (χ3v) is 4.29. The predicted molar refractivity (Wildman–Crippen MR) is 59.9 cm³/mol. The van der Waals surface area contributed by atoms with Crippen molar-refractivity contribution in [1.29, 1.82) is 0 Å². The van der Waals surface area contributed by atoms with Crippen molar-refractivity contribution in [2.75, 3.05) is 6.54 Å². The standard InChI is InChI=1S/C10H8ClNO3S/c1-2-5-12-10(13)8-4-3-7(11)6-9(8)16(12,14)15/h2-4,6H,1,5H2. The Morgan fingerprint density at radius 2 is 2.12 bits per heavy atom. The van der Waals surface area contributed by atoms with Gasteiger partial charge in [-0.1, -0.05) is 17.7 Å². The number of sulfonamides is 1. The molecule has 1 amide bonds. The average molecular weight is 258 g/mol. The summed E-state index contributed by atoms with van der Waals surface area (Å²) in [6.07, 6.45) is 1.36. The van der Waals surface area contributed by atoms with Crippen molar-refractivity contribution in [2.24, 2.45) is 0 Å². The van der Waals surface area contributed by atoms with E-state index in [9.17, 15) is 13.2 Å². The molecule has 0 aromatic heterocycles. The highest BCUT2D eigenvalue weighted by Gasteiger charge is 2.40. The van der Waals surface area contributed by atoms with Gasteiger partial charge >= 0.3 is 0 Å². The van der Waals surface area contributed by atoms with Gasteiger partial charge in [-0.05, 0) is 18.2 Å². The molecule has 0 N–H and O–H groups in total. The van der Waals surface area contributed by atoms with E-state index in [4.69, 9.17) is 11.6 Å². The van der Waals surface area contributed by atoms with Crippen LogP contribution in [-0.4, -0.2) is 25.2 Å². The molecule has 0 atom stereocenters. The number of hydrogen-bond acceptors (Lipinski definition) is 3. The number of hydrogen-bond donors (Lipinski definition) is 0. The van der Waals surface area contributed by atoms with Crippen LogP contribution in [0.1, 0.15) is 10.4 Å². The third kappa shape index (κ3) is 1.44. The maximum atomic E-state index is 11.9. The fourth-order valence-corrected chi connectivity index (χ4v) is 3.35. The number of nitrogens with zero attached hydrogens (tertiary/aromatic N) is 1. The topological polar surface area (TPSA) is 54.5 Å². The molecule has 0 spiro atoms. The van der Waals surface area contributed by atoms with Gasteiger partial charge in [0.05, 0.1) is 12.1 Å². The molecule has 1 aliphatic heterocycles. The first kappa shape index (κ1) is 11.2. The number of benzene rings is 1. The van der Waals surface area contributed by atoms with Gasteiger partial charge in [0.2, 0.25) is 0 Å². The summed E-state index contributed by atoms with van der Waals surface area (Å²) in [6.45, 7) is 3.39. The lowest BCUT2D eigenvalue weighted by molar-refractivity contribution is 0.0880. The van der Waals surface area contributed by atoms with Crippen LogP contribution < -0.4 is 0 Å². The Balaban J connectivity index is 2.67. The van der Waals surface area contributed by atoms with Crippen molar-refractivity contribution in [1.82, 2.24) is 4.31 Å². The SMILES string of the molecule is C=CCN1C(=O)c2ccc(Cl)cc2S1(=O)=O. The molecule has 4 nitrogen and oxygen atoms in total. The number of amides is 1. The summed E-state index contributed by atoms with van der Waals surface area (Å²) in [6, 6.07) is 4.19. The first-order chi connectivity index (χ1) is 7.48. The Morgan fingerprint density at radius 1 is 1.44 bits per heavy atom. The summed E-state index contributed by atoms with van der Waals surface area (Å²) in [5.74, 6) is -0.536. The van der Waals surface area contributed by atoms with E-state index < -0.39 is 15.9 Å². The first-order valence-electron chi connectivity index (χ1n) is 4.46. The van der Waals surface area contributed by atoms with E-state index in [-0.39, 0.29) is 22.0 Å². The van der Waals surface area contributed by atoms with E-state index >= 15 is 0 Å². The average Bonchev–Trinajstić information content (AvgIpc) is 2.40. The second-order valence-electron chi connectivity index (χ2n) is 3.27. The fraction of sp³-hybridized carbons (Fsp3) is 0.100. The van der Waals surface area contributed by atoms with Gasteiger partial charge in [0.15, 0.2) is 0 Å². The van der Waals surface area contributed by atoms with Crippen LogP contribution in [0.15, 0.2) is 35.7 Å². The molecular weight excluding hydrogens is 250 g/mol. The van der Waals surface area contributed by atoms with Crippen LogP contribution in [0.25, 0.3) is 0 Å². The molecule has 84 valence electrons. The number of rotatable bonds is 2. The van der Waals surface area contributed by atoms with Gasteiger partial charge in [-0.3, -0.25) is 4.79 Å². The molecule has 1 aromatic rings. The van der Waals surface area contributed by atoms with Crippen LogP contribution in [0.5, 0.6) is 0 Å². The lowest BCUT2D eigenvalue weighted by Gasteiger charge is -2.11. The zero-order valence-electron chi connectivity index (χ0n) is 8.18. The van der Waals surface area contributed by atoms with Gasteiger partial charge in [0, 0.05) is 5.02 Å². The van der Waals surface area contributed by atoms with Gasteiger partial charge in [-0.25, -0.2) is 12.7 Å². The molecule has 0 fully saturated rings. The summed E-state index contributed by atoms with van der Waals surface area (Å²) < 4.78 is 24.6. The molecule has 0 saturated heterocycles. The Morgan fingerprint density at radius 3 is 2.75 bits per heavy atom. The van der Waals surface area contributed by atoms with Crippen LogP contribution in [0, 0.1) is 0 Å². The van der Waals surface area contributed by atoms with Crippen LogP contribution in [-0.2, 0) is 10.0 Å². The van der Waals surface area contributed by atoms with E-state index in [0.29, 0.717) is 0 Å². The normalized spacial score (nSPS) is 17.3. The van der Waals surface area contributed by atoms with Crippen LogP contribution in [0.3, 0.4) is 0 Å². The highest BCUT2D eigenvalue weighted by molar-refractivity contribution is 7.90. The molecule has 0 unspecified atom stereocenters. The Labute approximate surface area is 98.2 Å². The summed E-state index contributed by atoms with van der Waals surface area (Å²) >= 11 is 5.71. The molecule has 0 saturated carbocycles. The molecule has 0 radical (unpaired) electrons.